The van der Waals surface area contributed by atoms with Crippen LogP contribution in [0.15, 0.2) is 4.99 Å². The van der Waals surface area contributed by atoms with Gasteiger partial charge in [-0.05, 0) is 62.9 Å². The van der Waals surface area contributed by atoms with Crippen molar-refractivity contribution >= 4 is 82.6 Å². The van der Waals surface area contributed by atoms with Crippen LogP contribution in [0.1, 0.15) is 98.8 Å². The third kappa shape index (κ3) is 23.7. The molecule has 1 saturated carbocycles. The van der Waals surface area contributed by atoms with Crippen LogP contribution in [0, 0.1) is 11.8 Å². The molecular formula is C40H72N12O10S2. The SMILES string of the molecule is CSCC[C@H](NC(=O)[C@H](CSCNC(C)=O)NC(=O)[C@H](CCCN=C(N)N)NC(=O)[C@H](CC1CCCCC1)NC(C)=O)C(=O)N[C@@H](C)C(=O)N[C@@H](CO)C(=O)N[C@@H](CC(C)C)C(N)=O. The summed E-state index contributed by atoms with van der Waals surface area (Å²) < 4.78 is 0. The second-order valence-electron chi connectivity index (χ2n) is 16.2. The Labute approximate surface area is 384 Å². The van der Waals surface area contributed by atoms with Gasteiger partial charge in [0.25, 0.3) is 0 Å². The van der Waals surface area contributed by atoms with Crippen molar-refractivity contribution in [2.45, 2.75) is 141 Å². The number of aliphatic hydroxyl groups excluding tert-OH is 1. The van der Waals surface area contributed by atoms with Gasteiger partial charge in [0.1, 0.15) is 42.3 Å². The summed E-state index contributed by atoms with van der Waals surface area (Å²) in [5.74, 6) is -5.75. The summed E-state index contributed by atoms with van der Waals surface area (Å²) in [7, 11) is 0. The van der Waals surface area contributed by atoms with Crippen molar-refractivity contribution in [3.8, 4) is 0 Å². The minimum atomic E-state index is -1.49. The number of carbonyl (C=O) groups is 9. The highest BCUT2D eigenvalue weighted by molar-refractivity contribution is 7.99. The highest BCUT2D eigenvalue weighted by atomic mass is 32.2. The molecule has 15 N–H and O–H groups in total. The van der Waals surface area contributed by atoms with E-state index in [1.165, 1.54) is 32.5 Å². The number of hydrogen-bond acceptors (Lipinski definition) is 13. The molecule has 0 aromatic rings. The van der Waals surface area contributed by atoms with Gasteiger partial charge in [0.15, 0.2) is 5.96 Å². The third-order valence-electron chi connectivity index (χ3n) is 10.1. The molecule has 9 amide bonds. The first-order chi connectivity index (χ1) is 30.2. The summed E-state index contributed by atoms with van der Waals surface area (Å²) in [6, 6.07) is -8.49. The van der Waals surface area contributed by atoms with E-state index >= 15 is 0 Å². The fourth-order valence-corrected chi connectivity index (χ4v) is 8.06. The molecule has 22 nitrogen and oxygen atoms in total. The monoisotopic (exact) mass is 944 g/mol. The number of primary amides is 1. The van der Waals surface area contributed by atoms with Crippen LogP contribution in [0.25, 0.3) is 0 Å². The van der Waals surface area contributed by atoms with Crippen LogP contribution in [-0.4, -0.2) is 143 Å². The smallest absolute Gasteiger partial charge is 0.245 e. The highest BCUT2D eigenvalue weighted by Crippen LogP contribution is 2.27. The summed E-state index contributed by atoms with van der Waals surface area (Å²) in [5, 5.41) is 30.6. The molecule has 7 atom stereocenters. The van der Waals surface area contributed by atoms with Crippen LogP contribution in [0.2, 0.25) is 0 Å². The molecule has 364 valence electrons. The Kier molecular flexibility index (Phi) is 27.8. The van der Waals surface area contributed by atoms with E-state index in [1.807, 2.05) is 13.8 Å². The maximum Gasteiger partial charge on any atom is 0.245 e. The van der Waals surface area contributed by atoms with Crippen LogP contribution < -0.4 is 59.7 Å². The zero-order valence-electron chi connectivity index (χ0n) is 37.9. The standard InChI is InChI=1S/C40H72N12O10S2/c1-22(2)17-29(33(41)56)50-38(61)31(19-53)51-34(57)23(3)46-35(58)28(14-16-63-6)49-39(62)32(20-64-21-45-24(4)54)52-36(59)27(13-10-15-44-40(42)43)48-37(60)30(47-25(5)55)18-26-11-8-7-9-12-26/h22-23,26-32,53H,7-21H2,1-6H3,(H2,41,56)(H,45,54)(H,46,58)(H,47,55)(H,48,60)(H,49,62)(H,50,61)(H,51,57)(H,52,59)(H4,42,43,44)/t23-,27-,28-,29-,30-,31-,32-/m0/s1. The summed E-state index contributed by atoms with van der Waals surface area (Å²) >= 11 is 2.48. The van der Waals surface area contributed by atoms with Crippen molar-refractivity contribution < 1.29 is 48.3 Å². The number of nitrogens with two attached hydrogens (primary N) is 3. The van der Waals surface area contributed by atoms with E-state index < -0.39 is 96.2 Å². The molecule has 0 aromatic heterocycles. The maximum atomic E-state index is 14.1. The number of thioether (sulfide) groups is 2. The van der Waals surface area contributed by atoms with Crippen molar-refractivity contribution in [3.63, 3.8) is 0 Å². The van der Waals surface area contributed by atoms with Crippen LogP contribution in [-0.2, 0) is 43.2 Å². The molecule has 1 rings (SSSR count). The first-order valence-electron chi connectivity index (χ1n) is 21.5. The summed E-state index contributed by atoms with van der Waals surface area (Å²) in [6.45, 7) is 6.87. The van der Waals surface area contributed by atoms with Gasteiger partial charge in [-0.2, -0.15) is 11.8 Å². The highest BCUT2D eigenvalue weighted by Gasteiger charge is 2.34. The minimum Gasteiger partial charge on any atom is -0.394 e. The zero-order valence-corrected chi connectivity index (χ0v) is 39.6. The molecule has 0 aliphatic heterocycles. The number of aliphatic hydroxyl groups is 1. The summed E-state index contributed by atoms with van der Waals surface area (Å²) in [4.78, 5) is 121. The van der Waals surface area contributed by atoms with Crippen molar-refractivity contribution in [1.29, 1.82) is 0 Å². The van der Waals surface area contributed by atoms with Gasteiger partial charge < -0.3 is 64.8 Å². The lowest BCUT2D eigenvalue weighted by atomic mass is 9.84. The van der Waals surface area contributed by atoms with Crippen LogP contribution in [0.4, 0.5) is 0 Å². The molecule has 0 saturated heterocycles. The number of nitrogens with one attached hydrogen (secondary N) is 8. The van der Waals surface area contributed by atoms with E-state index in [1.54, 1.807) is 6.26 Å². The van der Waals surface area contributed by atoms with Crippen molar-refractivity contribution in [2.75, 3.05) is 36.8 Å². The number of carbonyl (C=O) groups excluding carboxylic acids is 9. The molecule has 0 spiro atoms. The number of nitrogens with zero attached hydrogens (tertiary/aromatic N) is 1. The molecule has 64 heavy (non-hydrogen) atoms. The Morgan fingerprint density at radius 2 is 1.19 bits per heavy atom. The van der Waals surface area contributed by atoms with Gasteiger partial charge in [0.05, 0.1) is 12.5 Å². The van der Waals surface area contributed by atoms with Gasteiger partial charge >= 0.3 is 0 Å². The fourth-order valence-electron chi connectivity index (χ4n) is 6.70. The number of guanidine groups is 1. The number of aliphatic imine (C=N–C) groups is 1. The van der Waals surface area contributed by atoms with Gasteiger partial charge in [-0.1, -0.05) is 46.0 Å². The summed E-state index contributed by atoms with van der Waals surface area (Å²) in [5.41, 5.74) is 16.4. The van der Waals surface area contributed by atoms with Gasteiger partial charge in [0, 0.05) is 26.1 Å². The molecule has 24 heteroatoms. The van der Waals surface area contributed by atoms with E-state index in [0.29, 0.717) is 12.2 Å². The lowest BCUT2D eigenvalue weighted by Crippen LogP contribution is -2.60. The molecule has 0 aromatic carbocycles. The quantitative estimate of drug-likeness (QED) is 0.0154. The Morgan fingerprint density at radius 3 is 1.73 bits per heavy atom. The molecule has 1 fully saturated rings. The normalized spacial score (nSPS) is 15.9. The Hall–Kier alpha value is -4.84. The Balaban J connectivity index is 3.31. The van der Waals surface area contributed by atoms with Gasteiger partial charge in [0.2, 0.25) is 53.2 Å². The minimum absolute atomic E-state index is 0.00744. The largest absolute Gasteiger partial charge is 0.394 e. The average Bonchev–Trinajstić information content (AvgIpc) is 3.22. The van der Waals surface area contributed by atoms with Gasteiger partial charge in [-0.15, -0.1) is 11.8 Å². The number of rotatable bonds is 30. The lowest BCUT2D eigenvalue weighted by Gasteiger charge is -2.29. The first-order valence-corrected chi connectivity index (χ1v) is 24.1. The second-order valence-corrected chi connectivity index (χ2v) is 18.2. The van der Waals surface area contributed by atoms with E-state index in [0.717, 1.165) is 43.9 Å². The van der Waals surface area contributed by atoms with Gasteiger partial charge in [-0.3, -0.25) is 48.1 Å². The van der Waals surface area contributed by atoms with Crippen molar-refractivity contribution in [1.82, 2.24) is 42.5 Å². The second kappa shape index (κ2) is 31.1. The molecule has 1 aliphatic rings. The maximum absolute atomic E-state index is 14.1. The van der Waals surface area contributed by atoms with Crippen LogP contribution in [0.3, 0.4) is 0 Å². The third-order valence-corrected chi connectivity index (χ3v) is 11.6. The van der Waals surface area contributed by atoms with E-state index in [2.05, 4.69) is 47.5 Å². The lowest BCUT2D eigenvalue weighted by molar-refractivity contribution is -0.135. The summed E-state index contributed by atoms with van der Waals surface area (Å²) in [6.07, 6.45) is 7.69. The van der Waals surface area contributed by atoms with Crippen LogP contribution in [0.5, 0.6) is 0 Å². The van der Waals surface area contributed by atoms with Crippen LogP contribution >= 0.6 is 23.5 Å². The molecule has 0 bridgehead atoms. The molecule has 0 heterocycles. The number of amides is 9. The van der Waals surface area contributed by atoms with E-state index in [-0.39, 0.29) is 67.6 Å². The van der Waals surface area contributed by atoms with E-state index in [9.17, 15) is 48.3 Å². The zero-order chi connectivity index (χ0) is 48.4. The first kappa shape index (κ1) is 57.2. The average molecular weight is 945 g/mol. The predicted octanol–water partition coefficient (Wildman–Crippen LogP) is -2.45. The van der Waals surface area contributed by atoms with Gasteiger partial charge in [-0.25, -0.2) is 0 Å². The molecule has 0 unspecified atom stereocenters. The molecular weight excluding hydrogens is 873 g/mol. The topological polar surface area (TPSA) is 361 Å². The molecule has 0 radical (unpaired) electrons. The Bertz CT molecular complexity index is 1600. The van der Waals surface area contributed by atoms with Crippen molar-refractivity contribution in [2.24, 2.45) is 34.0 Å². The van der Waals surface area contributed by atoms with E-state index in [4.69, 9.17) is 17.2 Å². The number of hydrogen-bond donors (Lipinski definition) is 12. The Morgan fingerprint density at radius 1 is 0.656 bits per heavy atom. The van der Waals surface area contributed by atoms with Crippen molar-refractivity contribution in [3.05, 3.63) is 0 Å². The molecule has 1 aliphatic carbocycles. The predicted molar refractivity (Wildman–Crippen MR) is 246 cm³/mol. The fraction of sp³-hybridized carbons (Fsp3) is 0.750.